The second kappa shape index (κ2) is 12.1. The number of rotatable bonds is 10. The van der Waals surface area contributed by atoms with Gasteiger partial charge in [-0.15, -0.1) is 0 Å². The van der Waals surface area contributed by atoms with Crippen molar-refractivity contribution in [3.63, 3.8) is 0 Å². The lowest BCUT2D eigenvalue weighted by Crippen LogP contribution is -2.19. The predicted octanol–water partition coefficient (Wildman–Crippen LogP) is 4.97. The fourth-order valence-corrected chi connectivity index (χ4v) is 3.26. The van der Waals surface area contributed by atoms with Crippen molar-refractivity contribution >= 4 is 34.7 Å². The van der Waals surface area contributed by atoms with Crippen molar-refractivity contribution in [2.45, 2.75) is 20.0 Å². The molecular formula is C25H25IN2O4. The highest BCUT2D eigenvalue weighted by Gasteiger charge is 2.07. The molecule has 7 heteroatoms. The number of benzene rings is 3. The molecule has 0 aliphatic heterocycles. The molecule has 3 rings (SSSR count). The van der Waals surface area contributed by atoms with Crippen LogP contribution in [0.5, 0.6) is 17.2 Å². The molecule has 32 heavy (non-hydrogen) atoms. The van der Waals surface area contributed by atoms with Gasteiger partial charge in [0.05, 0.1) is 26.4 Å². The number of halogens is 1. The molecule has 0 radical (unpaired) electrons. The Kier molecular flexibility index (Phi) is 8.91. The highest BCUT2D eigenvalue weighted by molar-refractivity contribution is 14.1. The first kappa shape index (κ1) is 23.6. The van der Waals surface area contributed by atoms with Crippen LogP contribution >= 0.6 is 22.6 Å². The third kappa shape index (κ3) is 7.26. The average Bonchev–Trinajstić information content (AvgIpc) is 2.80. The third-order valence-electron chi connectivity index (χ3n) is 4.50. The number of ether oxygens (including phenoxy) is 3. The van der Waals surface area contributed by atoms with Gasteiger partial charge in [-0.25, -0.2) is 5.43 Å². The van der Waals surface area contributed by atoms with Crippen molar-refractivity contribution in [2.24, 2.45) is 5.10 Å². The molecule has 0 fully saturated rings. The standard InChI is InChI=1S/C25H25IN2O4/c1-3-31-22-11-6-18(7-12-22)15-25(29)28-27-16-20-8-13-23(24(14-20)30-2)32-17-19-4-9-21(26)10-5-19/h4-14,16H,3,15,17H2,1-2H3,(H,28,29)/b27-16-. The fraction of sp³-hybridized carbons (Fsp3) is 0.200. The van der Waals surface area contributed by atoms with Crippen molar-refractivity contribution in [1.82, 2.24) is 5.43 Å². The monoisotopic (exact) mass is 544 g/mol. The van der Waals surface area contributed by atoms with Crippen molar-refractivity contribution in [3.8, 4) is 17.2 Å². The second-order valence-electron chi connectivity index (χ2n) is 6.87. The van der Waals surface area contributed by atoms with Gasteiger partial charge in [-0.2, -0.15) is 5.10 Å². The molecule has 3 aromatic rings. The second-order valence-corrected chi connectivity index (χ2v) is 8.12. The Labute approximate surface area is 201 Å². The van der Waals surface area contributed by atoms with Gasteiger partial charge in [-0.05, 0) is 88.7 Å². The minimum atomic E-state index is -0.199. The van der Waals surface area contributed by atoms with Crippen molar-refractivity contribution < 1.29 is 19.0 Å². The van der Waals surface area contributed by atoms with Crippen molar-refractivity contribution in [2.75, 3.05) is 13.7 Å². The van der Waals surface area contributed by atoms with Crippen LogP contribution in [0, 0.1) is 3.57 Å². The summed E-state index contributed by atoms with van der Waals surface area (Å²) in [7, 11) is 1.59. The predicted molar refractivity (Wildman–Crippen MR) is 134 cm³/mol. The number of carbonyl (C=O) groups is 1. The van der Waals surface area contributed by atoms with Gasteiger partial charge in [-0.1, -0.05) is 24.3 Å². The summed E-state index contributed by atoms with van der Waals surface area (Å²) in [6.45, 7) is 2.99. The Balaban J connectivity index is 1.53. The quantitative estimate of drug-likeness (QED) is 0.222. The summed E-state index contributed by atoms with van der Waals surface area (Å²) in [5.41, 5.74) is 5.30. The van der Waals surface area contributed by atoms with E-state index in [2.05, 4.69) is 33.1 Å². The lowest BCUT2D eigenvalue weighted by atomic mass is 10.1. The van der Waals surface area contributed by atoms with Crippen molar-refractivity contribution in [1.29, 1.82) is 0 Å². The first-order valence-electron chi connectivity index (χ1n) is 10.2. The average molecular weight is 544 g/mol. The van der Waals surface area contributed by atoms with E-state index in [4.69, 9.17) is 14.2 Å². The summed E-state index contributed by atoms with van der Waals surface area (Å²) >= 11 is 2.27. The van der Waals surface area contributed by atoms with Crippen LogP contribution in [0.3, 0.4) is 0 Å². The van der Waals surface area contributed by atoms with Gasteiger partial charge in [0.15, 0.2) is 11.5 Å². The molecule has 1 amide bonds. The molecule has 6 nitrogen and oxygen atoms in total. The largest absolute Gasteiger partial charge is 0.494 e. The van der Waals surface area contributed by atoms with Crippen molar-refractivity contribution in [3.05, 3.63) is 87.0 Å². The first-order chi connectivity index (χ1) is 15.6. The smallest absolute Gasteiger partial charge is 0.244 e. The molecule has 0 saturated heterocycles. The molecule has 3 aromatic carbocycles. The van der Waals surface area contributed by atoms with Gasteiger partial charge in [-0.3, -0.25) is 4.79 Å². The van der Waals surface area contributed by atoms with E-state index in [-0.39, 0.29) is 12.3 Å². The van der Waals surface area contributed by atoms with Gasteiger partial charge in [0, 0.05) is 3.57 Å². The SMILES string of the molecule is CCOc1ccc(CC(=O)N/N=C\c2ccc(OCc3ccc(I)cc3)c(OC)c2)cc1. The van der Waals surface area contributed by atoms with Gasteiger partial charge in [0.1, 0.15) is 12.4 Å². The molecule has 0 bridgehead atoms. The van der Waals surface area contributed by atoms with Gasteiger partial charge >= 0.3 is 0 Å². The van der Waals surface area contributed by atoms with Crippen LogP contribution in [0.2, 0.25) is 0 Å². The minimum absolute atomic E-state index is 0.199. The molecule has 0 aliphatic carbocycles. The summed E-state index contributed by atoms with van der Waals surface area (Å²) in [5, 5.41) is 4.05. The molecule has 0 atom stereocenters. The lowest BCUT2D eigenvalue weighted by molar-refractivity contribution is -0.120. The summed E-state index contributed by atoms with van der Waals surface area (Å²) in [4.78, 5) is 12.1. The van der Waals surface area contributed by atoms with E-state index in [0.717, 1.165) is 22.4 Å². The zero-order valence-corrected chi connectivity index (χ0v) is 20.2. The number of hydrogen-bond acceptors (Lipinski definition) is 5. The number of carbonyl (C=O) groups excluding carboxylic acids is 1. The van der Waals surface area contributed by atoms with E-state index >= 15 is 0 Å². The Bertz CT molecular complexity index is 1050. The molecule has 0 saturated carbocycles. The first-order valence-corrected chi connectivity index (χ1v) is 11.2. The Morgan fingerprint density at radius 2 is 1.69 bits per heavy atom. The topological polar surface area (TPSA) is 69.2 Å². The van der Waals surface area contributed by atoms with E-state index in [9.17, 15) is 4.79 Å². The van der Waals surface area contributed by atoms with E-state index < -0.39 is 0 Å². The van der Waals surface area contributed by atoms with Crippen LogP contribution in [0.25, 0.3) is 0 Å². The Morgan fingerprint density at radius 3 is 2.38 bits per heavy atom. The molecule has 0 aromatic heterocycles. The molecule has 0 heterocycles. The molecule has 1 N–H and O–H groups in total. The molecule has 166 valence electrons. The van der Waals surface area contributed by atoms with Crippen LogP contribution in [0.1, 0.15) is 23.6 Å². The number of amides is 1. The van der Waals surface area contributed by atoms with Crippen LogP contribution in [0.4, 0.5) is 0 Å². The zero-order chi connectivity index (χ0) is 22.8. The maximum absolute atomic E-state index is 12.1. The van der Waals surface area contributed by atoms with Gasteiger partial charge in [0.2, 0.25) is 5.91 Å². The zero-order valence-electron chi connectivity index (χ0n) is 18.0. The van der Waals surface area contributed by atoms with Crippen LogP contribution in [-0.4, -0.2) is 25.8 Å². The fourth-order valence-electron chi connectivity index (χ4n) is 2.90. The minimum Gasteiger partial charge on any atom is -0.494 e. The van der Waals surface area contributed by atoms with E-state index in [1.807, 2.05) is 73.7 Å². The van der Waals surface area contributed by atoms with E-state index in [0.29, 0.717) is 24.7 Å². The van der Waals surface area contributed by atoms with Crippen LogP contribution in [0.15, 0.2) is 71.8 Å². The maximum atomic E-state index is 12.1. The maximum Gasteiger partial charge on any atom is 0.244 e. The number of hydrogen-bond donors (Lipinski definition) is 1. The van der Waals surface area contributed by atoms with Crippen LogP contribution in [-0.2, 0) is 17.8 Å². The van der Waals surface area contributed by atoms with E-state index in [1.165, 1.54) is 3.57 Å². The van der Waals surface area contributed by atoms with Gasteiger partial charge < -0.3 is 14.2 Å². The third-order valence-corrected chi connectivity index (χ3v) is 5.22. The molecule has 0 spiro atoms. The molecular weight excluding hydrogens is 519 g/mol. The number of hydrazone groups is 1. The normalized spacial score (nSPS) is 10.7. The van der Waals surface area contributed by atoms with E-state index in [1.54, 1.807) is 13.3 Å². The Morgan fingerprint density at radius 1 is 0.969 bits per heavy atom. The summed E-state index contributed by atoms with van der Waals surface area (Å²) < 4.78 is 17.9. The number of nitrogens with zero attached hydrogens (tertiary/aromatic N) is 1. The summed E-state index contributed by atoms with van der Waals surface area (Å²) in [6, 6.07) is 21.1. The molecule has 0 aliphatic rings. The lowest BCUT2D eigenvalue weighted by Gasteiger charge is -2.11. The highest BCUT2D eigenvalue weighted by Crippen LogP contribution is 2.28. The number of methoxy groups -OCH3 is 1. The highest BCUT2D eigenvalue weighted by atomic mass is 127. The summed E-state index contributed by atoms with van der Waals surface area (Å²) in [5.74, 6) is 1.83. The molecule has 0 unspecified atom stereocenters. The number of nitrogens with one attached hydrogen (secondary N) is 1. The summed E-state index contributed by atoms with van der Waals surface area (Å²) in [6.07, 6.45) is 1.81. The van der Waals surface area contributed by atoms with Gasteiger partial charge in [0.25, 0.3) is 0 Å². The Hall–Kier alpha value is -3.07. The van der Waals surface area contributed by atoms with Crippen LogP contribution < -0.4 is 19.6 Å².